The van der Waals surface area contributed by atoms with Gasteiger partial charge in [0.2, 0.25) is 0 Å². The number of alkyl halides is 1. The van der Waals surface area contributed by atoms with Gasteiger partial charge < -0.3 is 10.8 Å². The average molecular weight is 183 g/mol. The molecule has 3 N–H and O–H groups in total. The van der Waals surface area contributed by atoms with Crippen LogP contribution in [0.2, 0.25) is 0 Å². The first-order chi connectivity index (χ1) is 6.24. The lowest BCUT2D eigenvalue weighted by Gasteiger charge is -2.13. The van der Waals surface area contributed by atoms with Gasteiger partial charge in [-0.05, 0) is 5.56 Å². The van der Waals surface area contributed by atoms with Crippen molar-refractivity contribution < 1.29 is 9.50 Å². The minimum atomic E-state index is -1.27. The second-order valence-corrected chi connectivity index (χ2v) is 3.01. The van der Waals surface area contributed by atoms with E-state index in [0.29, 0.717) is 0 Å². The van der Waals surface area contributed by atoms with Crippen LogP contribution in [0.3, 0.4) is 0 Å². The topological polar surface area (TPSA) is 46.2 Å². The first-order valence-corrected chi connectivity index (χ1v) is 4.30. The molecule has 13 heavy (non-hydrogen) atoms. The van der Waals surface area contributed by atoms with Crippen LogP contribution in [0.15, 0.2) is 30.3 Å². The van der Waals surface area contributed by atoms with E-state index in [9.17, 15) is 4.39 Å². The summed E-state index contributed by atoms with van der Waals surface area (Å²) in [5.41, 5.74) is 6.01. The minimum absolute atomic E-state index is 0.0337. The average Bonchev–Trinajstić information content (AvgIpc) is 2.18. The van der Waals surface area contributed by atoms with Gasteiger partial charge in [-0.2, -0.15) is 0 Å². The fourth-order valence-corrected chi connectivity index (χ4v) is 1.12. The Bertz CT molecular complexity index is 240. The summed E-state index contributed by atoms with van der Waals surface area (Å²) in [5, 5.41) is 9.09. The summed E-state index contributed by atoms with van der Waals surface area (Å²) in [6, 6.07) is 9.22. The molecule has 0 aliphatic carbocycles. The quantitative estimate of drug-likeness (QED) is 0.728. The summed E-state index contributed by atoms with van der Waals surface area (Å²) in [6.07, 6.45) is -2.10. The third-order valence-corrected chi connectivity index (χ3v) is 1.93. The molecule has 0 amide bonds. The monoisotopic (exact) mass is 183 g/mol. The number of halogens is 1. The maximum Gasteiger partial charge on any atom is 0.131 e. The first-order valence-electron chi connectivity index (χ1n) is 4.30. The highest BCUT2D eigenvalue weighted by molar-refractivity contribution is 5.15. The molecule has 0 aromatic heterocycles. The summed E-state index contributed by atoms with van der Waals surface area (Å²) < 4.78 is 13.2. The van der Waals surface area contributed by atoms with Crippen LogP contribution in [0.5, 0.6) is 0 Å². The van der Waals surface area contributed by atoms with Crippen molar-refractivity contribution in [2.75, 3.05) is 6.54 Å². The molecular formula is C10H14FNO. The van der Waals surface area contributed by atoms with Crippen molar-refractivity contribution in [3.63, 3.8) is 0 Å². The van der Waals surface area contributed by atoms with Crippen LogP contribution in [0.1, 0.15) is 5.56 Å². The third-order valence-electron chi connectivity index (χ3n) is 1.93. The van der Waals surface area contributed by atoms with Gasteiger partial charge in [-0.1, -0.05) is 30.3 Å². The molecule has 0 fully saturated rings. The van der Waals surface area contributed by atoms with Gasteiger partial charge in [0.25, 0.3) is 0 Å². The van der Waals surface area contributed by atoms with Crippen molar-refractivity contribution in [3.8, 4) is 0 Å². The fraction of sp³-hybridized carbons (Fsp3) is 0.400. The molecule has 0 bridgehead atoms. The number of nitrogens with two attached hydrogens (primary N) is 1. The standard InChI is InChI=1S/C10H14FNO/c11-9(10(13)7-12)6-8-4-2-1-3-5-8/h1-5,9-10,13H,6-7,12H2. The maximum atomic E-state index is 13.2. The molecule has 0 saturated carbocycles. The van der Waals surface area contributed by atoms with E-state index >= 15 is 0 Å². The van der Waals surface area contributed by atoms with Crippen LogP contribution < -0.4 is 5.73 Å². The molecule has 2 atom stereocenters. The molecule has 0 heterocycles. The van der Waals surface area contributed by atoms with Crippen LogP contribution in [-0.4, -0.2) is 23.9 Å². The lowest BCUT2D eigenvalue weighted by molar-refractivity contribution is 0.0848. The van der Waals surface area contributed by atoms with Crippen molar-refractivity contribution in [2.45, 2.75) is 18.7 Å². The van der Waals surface area contributed by atoms with Crippen LogP contribution in [0.4, 0.5) is 4.39 Å². The van der Waals surface area contributed by atoms with Gasteiger partial charge in [0.1, 0.15) is 6.17 Å². The Morgan fingerprint density at radius 2 is 1.92 bits per heavy atom. The third kappa shape index (κ3) is 3.13. The molecular weight excluding hydrogens is 169 g/mol. The highest BCUT2D eigenvalue weighted by Gasteiger charge is 2.16. The highest BCUT2D eigenvalue weighted by atomic mass is 19.1. The van der Waals surface area contributed by atoms with Gasteiger partial charge in [-0.15, -0.1) is 0 Å². The second-order valence-electron chi connectivity index (χ2n) is 3.01. The van der Waals surface area contributed by atoms with E-state index in [1.54, 1.807) is 0 Å². The van der Waals surface area contributed by atoms with Crippen LogP contribution in [0.25, 0.3) is 0 Å². The lowest BCUT2D eigenvalue weighted by Crippen LogP contribution is -2.31. The van der Waals surface area contributed by atoms with E-state index in [1.165, 1.54) is 0 Å². The maximum absolute atomic E-state index is 13.2. The largest absolute Gasteiger partial charge is 0.389 e. The Morgan fingerprint density at radius 1 is 1.31 bits per heavy atom. The molecule has 0 aliphatic rings. The second kappa shape index (κ2) is 4.94. The number of hydrogen-bond acceptors (Lipinski definition) is 2. The molecule has 0 spiro atoms. The number of aliphatic hydroxyl groups excluding tert-OH is 1. The van der Waals surface area contributed by atoms with Crippen molar-refractivity contribution in [2.24, 2.45) is 5.73 Å². The Kier molecular flexibility index (Phi) is 3.86. The molecule has 1 aromatic carbocycles. The zero-order valence-electron chi connectivity index (χ0n) is 7.36. The van der Waals surface area contributed by atoms with Gasteiger partial charge in [-0.3, -0.25) is 0 Å². The molecule has 0 aliphatic heterocycles. The predicted molar refractivity (Wildman–Crippen MR) is 50.1 cm³/mol. The molecule has 2 unspecified atom stereocenters. The van der Waals surface area contributed by atoms with Gasteiger partial charge >= 0.3 is 0 Å². The Morgan fingerprint density at radius 3 is 2.46 bits per heavy atom. The SMILES string of the molecule is NCC(O)C(F)Cc1ccccc1. The van der Waals surface area contributed by atoms with Gasteiger partial charge in [0.05, 0.1) is 6.10 Å². The van der Waals surface area contributed by atoms with E-state index < -0.39 is 12.3 Å². The van der Waals surface area contributed by atoms with Crippen molar-refractivity contribution in [1.29, 1.82) is 0 Å². The molecule has 0 radical (unpaired) electrons. The van der Waals surface area contributed by atoms with E-state index in [4.69, 9.17) is 10.8 Å². The summed E-state index contributed by atoms with van der Waals surface area (Å²) in [4.78, 5) is 0. The zero-order chi connectivity index (χ0) is 9.68. The van der Waals surface area contributed by atoms with Crippen LogP contribution in [-0.2, 0) is 6.42 Å². The van der Waals surface area contributed by atoms with Crippen molar-refractivity contribution in [3.05, 3.63) is 35.9 Å². The summed E-state index contributed by atoms with van der Waals surface area (Å²) in [5.74, 6) is 0. The number of hydrogen-bond donors (Lipinski definition) is 2. The van der Waals surface area contributed by atoms with E-state index in [0.717, 1.165) is 5.56 Å². The molecule has 72 valence electrons. The number of benzene rings is 1. The van der Waals surface area contributed by atoms with Crippen LogP contribution in [0, 0.1) is 0 Å². The molecule has 1 rings (SSSR count). The normalized spacial score (nSPS) is 15.3. The van der Waals surface area contributed by atoms with E-state index in [2.05, 4.69) is 0 Å². The molecule has 1 aromatic rings. The summed E-state index contributed by atoms with van der Waals surface area (Å²) in [6.45, 7) is -0.0337. The number of rotatable bonds is 4. The smallest absolute Gasteiger partial charge is 0.131 e. The summed E-state index contributed by atoms with van der Waals surface area (Å²) in [7, 11) is 0. The Hall–Kier alpha value is -0.930. The Balaban J connectivity index is 2.50. The van der Waals surface area contributed by atoms with Gasteiger partial charge in [-0.25, -0.2) is 4.39 Å². The van der Waals surface area contributed by atoms with Gasteiger partial charge in [0, 0.05) is 13.0 Å². The number of aliphatic hydroxyl groups is 1. The Labute approximate surface area is 77.2 Å². The minimum Gasteiger partial charge on any atom is -0.389 e. The van der Waals surface area contributed by atoms with E-state index in [1.807, 2.05) is 30.3 Å². The van der Waals surface area contributed by atoms with Crippen molar-refractivity contribution in [1.82, 2.24) is 0 Å². The van der Waals surface area contributed by atoms with Crippen molar-refractivity contribution >= 4 is 0 Å². The predicted octanol–water partition coefficient (Wildman–Crippen LogP) is 0.887. The fourth-order valence-electron chi connectivity index (χ4n) is 1.12. The van der Waals surface area contributed by atoms with Crippen LogP contribution >= 0.6 is 0 Å². The van der Waals surface area contributed by atoms with Gasteiger partial charge in [0.15, 0.2) is 0 Å². The van der Waals surface area contributed by atoms with E-state index in [-0.39, 0.29) is 13.0 Å². The zero-order valence-corrected chi connectivity index (χ0v) is 7.36. The molecule has 2 nitrogen and oxygen atoms in total. The highest BCUT2D eigenvalue weighted by Crippen LogP contribution is 2.08. The lowest BCUT2D eigenvalue weighted by atomic mass is 10.1. The summed E-state index contributed by atoms with van der Waals surface area (Å²) >= 11 is 0. The first kappa shape index (κ1) is 10.2. The molecule has 0 saturated heterocycles. The molecule has 3 heteroatoms.